The molecule has 128 valence electrons. The van der Waals surface area contributed by atoms with Crippen molar-refractivity contribution in [1.29, 1.82) is 0 Å². The first-order chi connectivity index (χ1) is 11.8. The highest BCUT2D eigenvalue weighted by atomic mass is 32.1. The van der Waals surface area contributed by atoms with Crippen LogP contribution in [0.25, 0.3) is 0 Å². The summed E-state index contributed by atoms with van der Waals surface area (Å²) in [7, 11) is 0. The molecular weight excluding hydrogens is 320 g/mol. The molecular formula is C19H24N2O2S. The number of hydrogen-bond acceptors (Lipinski definition) is 5. The quantitative estimate of drug-likeness (QED) is 0.833. The molecule has 0 saturated carbocycles. The van der Waals surface area contributed by atoms with Gasteiger partial charge < -0.3 is 9.47 Å². The Morgan fingerprint density at radius 3 is 2.96 bits per heavy atom. The highest BCUT2D eigenvalue weighted by Gasteiger charge is 2.44. The third kappa shape index (κ3) is 3.54. The van der Waals surface area contributed by atoms with Crippen molar-refractivity contribution in [3.05, 3.63) is 52.0 Å². The number of fused-ring (bicyclic) bond motifs is 1. The van der Waals surface area contributed by atoms with Gasteiger partial charge in [0.1, 0.15) is 6.10 Å². The first kappa shape index (κ1) is 16.2. The number of likely N-dealkylation sites (tertiary alicyclic amines) is 1. The molecule has 3 atom stereocenters. The first-order valence-electron chi connectivity index (χ1n) is 8.71. The Bertz CT molecular complexity index is 660. The summed E-state index contributed by atoms with van der Waals surface area (Å²) in [4.78, 5) is 9.44. The molecule has 4 rings (SSSR count). The van der Waals surface area contributed by atoms with Crippen molar-refractivity contribution in [3.8, 4) is 0 Å². The number of rotatable bonds is 5. The molecule has 2 aromatic rings. The second-order valence-electron chi connectivity index (χ2n) is 6.69. The molecule has 4 nitrogen and oxygen atoms in total. The molecule has 0 radical (unpaired) electrons. The normalized spacial score (nSPS) is 27.3. The summed E-state index contributed by atoms with van der Waals surface area (Å²) in [6.45, 7) is 5.63. The van der Waals surface area contributed by atoms with Crippen LogP contribution in [0, 0.1) is 6.92 Å². The zero-order valence-corrected chi connectivity index (χ0v) is 14.9. The van der Waals surface area contributed by atoms with E-state index in [0.717, 1.165) is 26.1 Å². The second-order valence-corrected chi connectivity index (χ2v) is 8.06. The molecule has 0 N–H and O–H groups in total. The fraction of sp³-hybridized carbons (Fsp3) is 0.526. The largest absolute Gasteiger partial charge is 0.374 e. The third-order valence-electron chi connectivity index (χ3n) is 4.95. The first-order valence-corrected chi connectivity index (χ1v) is 9.53. The average molecular weight is 344 g/mol. The predicted octanol–water partition coefficient (Wildman–Crippen LogP) is 3.40. The Morgan fingerprint density at radius 2 is 2.17 bits per heavy atom. The van der Waals surface area contributed by atoms with Gasteiger partial charge in [-0.1, -0.05) is 0 Å². The Kier molecular flexibility index (Phi) is 4.94. The topological polar surface area (TPSA) is 34.6 Å². The van der Waals surface area contributed by atoms with Crippen LogP contribution in [-0.4, -0.2) is 41.3 Å². The minimum atomic E-state index is 0.157. The Hall–Kier alpha value is -1.27. The summed E-state index contributed by atoms with van der Waals surface area (Å²) < 4.78 is 12.3. The van der Waals surface area contributed by atoms with Gasteiger partial charge in [-0.2, -0.15) is 0 Å². The minimum Gasteiger partial charge on any atom is -0.374 e. The lowest BCUT2D eigenvalue weighted by atomic mass is 10.0. The van der Waals surface area contributed by atoms with Crippen molar-refractivity contribution >= 4 is 11.3 Å². The number of ether oxygens (including phenoxy) is 2. The number of aromatic nitrogens is 1. The smallest absolute Gasteiger partial charge is 0.100 e. The monoisotopic (exact) mass is 344 g/mol. The average Bonchev–Trinajstić information content (AvgIpc) is 3.18. The van der Waals surface area contributed by atoms with Crippen molar-refractivity contribution in [2.75, 3.05) is 13.2 Å². The maximum atomic E-state index is 6.24. The fourth-order valence-corrected chi connectivity index (χ4v) is 4.70. The standard InChI is InChI=1S/C19H24N2O2S/c1-14-4-5-16(24-14)11-21-12-18(19-17(21)3-2-10-22-19)23-13-15-6-8-20-9-7-15/h4-9,17-19H,2-3,10-13H2,1H3/t17-,18+,19+/m0/s1. The van der Waals surface area contributed by atoms with E-state index in [1.807, 2.05) is 35.9 Å². The van der Waals surface area contributed by atoms with Gasteiger partial charge >= 0.3 is 0 Å². The van der Waals surface area contributed by atoms with E-state index in [4.69, 9.17) is 9.47 Å². The summed E-state index contributed by atoms with van der Waals surface area (Å²) >= 11 is 1.90. The molecule has 2 fully saturated rings. The molecule has 5 heteroatoms. The Morgan fingerprint density at radius 1 is 1.29 bits per heavy atom. The summed E-state index contributed by atoms with van der Waals surface area (Å²) in [5.74, 6) is 0. The lowest BCUT2D eigenvalue weighted by Crippen LogP contribution is -2.41. The number of pyridine rings is 1. The van der Waals surface area contributed by atoms with Crippen LogP contribution in [0.3, 0.4) is 0 Å². The van der Waals surface area contributed by atoms with Gasteiger partial charge in [0, 0.05) is 47.9 Å². The van der Waals surface area contributed by atoms with E-state index >= 15 is 0 Å². The van der Waals surface area contributed by atoms with E-state index in [1.54, 1.807) is 0 Å². The summed E-state index contributed by atoms with van der Waals surface area (Å²) in [5.41, 5.74) is 1.17. The highest BCUT2D eigenvalue weighted by Crippen LogP contribution is 2.33. The number of thiophene rings is 1. The maximum absolute atomic E-state index is 6.24. The summed E-state index contributed by atoms with van der Waals surface area (Å²) in [5, 5.41) is 0. The molecule has 0 bridgehead atoms. The van der Waals surface area contributed by atoms with E-state index in [9.17, 15) is 0 Å². The molecule has 2 aromatic heterocycles. The van der Waals surface area contributed by atoms with Crippen LogP contribution >= 0.6 is 11.3 Å². The minimum absolute atomic E-state index is 0.157. The highest BCUT2D eigenvalue weighted by molar-refractivity contribution is 7.11. The molecule has 2 aliphatic heterocycles. The van der Waals surface area contributed by atoms with E-state index in [1.165, 1.54) is 21.7 Å². The van der Waals surface area contributed by atoms with E-state index in [0.29, 0.717) is 12.6 Å². The Labute approximate surface area is 147 Å². The second kappa shape index (κ2) is 7.31. The van der Waals surface area contributed by atoms with Crippen molar-refractivity contribution in [1.82, 2.24) is 9.88 Å². The molecule has 24 heavy (non-hydrogen) atoms. The van der Waals surface area contributed by atoms with Crippen LogP contribution in [0.15, 0.2) is 36.7 Å². The van der Waals surface area contributed by atoms with Crippen molar-refractivity contribution in [2.45, 2.75) is 51.2 Å². The van der Waals surface area contributed by atoms with Crippen LogP contribution in [0.1, 0.15) is 28.2 Å². The van der Waals surface area contributed by atoms with Gasteiger partial charge in [-0.25, -0.2) is 0 Å². The molecule has 2 saturated heterocycles. The third-order valence-corrected chi connectivity index (χ3v) is 5.94. The van der Waals surface area contributed by atoms with Gasteiger partial charge in [-0.05, 0) is 49.6 Å². The molecule has 0 amide bonds. The molecule has 0 unspecified atom stereocenters. The van der Waals surface area contributed by atoms with Gasteiger partial charge in [-0.15, -0.1) is 11.3 Å². The predicted molar refractivity (Wildman–Crippen MR) is 95.0 cm³/mol. The molecule has 2 aliphatic rings. The SMILES string of the molecule is Cc1ccc(CN2C[C@@H](OCc3ccncc3)[C@@H]3OCCC[C@@H]32)s1. The van der Waals surface area contributed by atoms with Gasteiger partial charge in [0.15, 0.2) is 0 Å². The Balaban J connectivity index is 1.42. The lowest BCUT2D eigenvalue weighted by molar-refractivity contribution is -0.0818. The van der Waals surface area contributed by atoms with Crippen molar-refractivity contribution in [3.63, 3.8) is 0 Å². The van der Waals surface area contributed by atoms with E-state index in [-0.39, 0.29) is 12.2 Å². The number of aryl methyl sites for hydroxylation is 1. The van der Waals surface area contributed by atoms with Crippen LogP contribution in [0.4, 0.5) is 0 Å². The molecule has 0 spiro atoms. The molecule has 4 heterocycles. The van der Waals surface area contributed by atoms with Gasteiger partial charge in [0.25, 0.3) is 0 Å². The maximum Gasteiger partial charge on any atom is 0.100 e. The van der Waals surface area contributed by atoms with Gasteiger partial charge in [0.05, 0.1) is 12.7 Å². The van der Waals surface area contributed by atoms with Crippen LogP contribution in [0.2, 0.25) is 0 Å². The number of nitrogens with zero attached hydrogens (tertiary/aromatic N) is 2. The van der Waals surface area contributed by atoms with Crippen molar-refractivity contribution < 1.29 is 9.47 Å². The lowest BCUT2D eigenvalue weighted by Gasteiger charge is -2.32. The zero-order chi connectivity index (χ0) is 16.4. The molecule has 0 aliphatic carbocycles. The van der Waals surface area contributed by atoms with E-state index < -0.39 is 0 Å². The van der Waals surface area contributed by atoms with E-state index in [2.05, 4.69) is 28.9 Å². The number of hydrogen-bond donors (Lipinski definition) is 0. The van der Waals surface area contributed by atoms with Crippen molar-refractivity contribution in [2.24, 2.45) is 0 Å². The van der Waals surface area contributed by atoms with Crippen LogP contribution < -0.4 is 0 Å². The zero-order valence-electron chi connectivity index (χ0n) is 14.1. The fourth-order valence-electron chi connectivity index (χ4n) is 3.78. The molecule has 0 aromatic carbocycles. The summed E-state index contributed by atoms with van der Waals surface area (Å²) in [6, 6.07) is 8.98. The summed E-state index contributed by atoms with van der Waals surface area (Å²) in [6.07, 6.45) is 6.37. The van der Waals surface area contributed by atoms with Gasteiger partial charge in [-0.3, -0.25) is 9.88 Å². The van der Waals surface area contributed by atoms with Gasteiger partial charge in [0.2, 0.25) is 0 Å². The van der Waals surface area contributed by atoms with Crippen LogP contribution in [0.5, 0.6) is 0 Å². The van der Waals surface area contributed by atoms with Crippen LogP contribution in [-0.2, 0) is 22.6 Å².